The highest BCUT2D eigenvalue weighted by Gasteiger charge is 2.25. The Balaban J connectivity index is 1.72. The van der Waals surface area contributed by atoms with Crippen molar-refractivity contribution in [2.45, 2.75) is 39.3 Å². The first-order valence-corrected chi connectivity index (χ1v) is 9.17. The number of benzene rings is 1. The van der Waals surface area contributed by atoms with E-state index in [0.717, 1.165) is 23.3 Å². The van der Waals surface area contributed by atoms with Gasteiger partial charge in [0.25, 0.3) is 11.8 Å². The van der Waals surface area contributed by atoms with Crippen LogP contribution in [0.4, 0.5) is 0 Å². The van der Waals surface area contributed by atoms with Crippen LogP contribution in [-0.4, -0.2) is 29.3 Å². The Bertz CT molecular complexity index is 739. The van der Waals surface area contributed by atoms with Gasteiger partial charge >= 0.3 is 0 Å². The summed E-state index contributed by atoms with van der Waals surface area (Å²) in [6.07, 6.45) is 1.73. The van der Waals surface area contributed by atoms with Crippen LogP contribution in [0.2, 0.25) is 0 Å². The molecule has 0 saturated carbocycles. The maximum Gasteiger partial charge on any atom is 0.261 e. The van der Waals surface area contributed by atoms with E-state index in [4.69, 9.17) is 0 Å². The van der Waals surface area contributed by atoms with Crippen molar-refractivity contribution in [3.8, 4) is 0 Å². The van der Waals surface area contributed by atoms with Crippen LogP contribution in [0.25, 0.3) is 0 Å². The highest BCUT2D eigenvalue weighted by Crippen LogP contribution is 2.29. The molecule has 1 N–H and O–H groups in total. The first-order valence-electron chi connectivity index (χ1n) is 8.35. The molecule has 1 atom stereocenters. The molecule has 3 rings (SSSR count). The third-order valence-electron chi connectivity index (χ3n) is 4.39. The summed E-state index contributed by atoms with van der Waals surface area (Å²) in [4.78, 5) is 28.7. The van der Waals surface area contributed by atoms with E-state index in [9.17, 15) is 9.59 Å². The van der Waals surface area contributed by atoms with Gasteiger partial charge in [0.1, 0.15) is 0 Å². The van der Waals surface area contributed by atoms with E-state index < -0.39 is 0 Å². The molecule has 0 aliphatic carbocycles. The van der Waals surface area contributed by atoms with Crippen molar-refractivity contribution in [3.05, 3.63) is 57.3 Å². The van der Waals surface area contributed by atoms with E-state index in [1.54, 1.807) is 11.3 Å². The zero-order valence-electron chi connectivity index (χ0n) is 14.0. The van der Waals surface area contributed by atoms with Crippen molar-refractivity contribution >= 4 is 23.2 Å². The van der Waals surface area contributed by atoms with E-state index >= 15 is 0 Å². The highest BCUT2D eigenvalue weighted by molar-refractivity contribution is 7.14. The van der Waals surface area contributed by atoms with E-state index in [0.29, 0.717) is 18.7 Å². The van der Waals surface area contributed by atoms with Crippen LogP contribution in [0.1, 0.15) is 50.7 Å². The van der Waals surface area contributed by atoms with Crippen LogP contribution >= 0.6 is 11.3 Å². The van der Waals surface area contributed by atoms with E-state index in [1.165, 1.54) is 4.88 Å². The lowest BCUT2D eigenvalue weighted by molar-refractivity contribution is 0.0736. The summed E-state index contributed by atoms with van der Waals surface area (Å²) >= 11 is 1.56. The average molecular weight is 342 g/mol. The van der Waals surface area contributed by atoms with Crippen LogP contribution < -0.4 is 5.32 Å². The maximum atomic E-state index is 12.6. The minimum Gasteiger partial charge on any atom is -0.349 e. The van der Waals surface area contributed by atoms with Crippen LogP contribution in [0.3, 0.4) is 0 Å². The molecule has 0 bridgehead atoms. The monoisotopic (exact) mass is 342 g/mol. The molecule has 2 heterocycles. The number of carbonyl (C=O) groups excluding carboxylic acids is 2. The first kappa shape index (κ1) is 16.7. The first-order chi connectivity index (χ1) is 11.6. The zero-order chi connectivity index (χ0) is 17.1. The molecule has 24 heavy (non-hydrogen) atoms. The van der Waals surface area contributed by atoms with Crippen molar-refractivity contribution in [2.75, 3.05) is 6.54 Å². The Morgan fingerprint density at radius 1 is 1.29 bits per heavy atom. The number of fused-ring (bicyclic) bond motifs is 1. The van der Waals surface area contributed by atoms with Gasteiger partial charge in [0.05, 0.1) is 4.88 Å². The van der Waals surface area contributed by atoms with Gasteiger partial charge in [-0.05, 0) is 43.5 Å². The topological polar surface area (TPSA) is 49.4 Å². The zero-order valence-corrected chi connectivity index (χ0v) is 14.9. The van der Waals surface area contributed by atoms with Gasteiger partial charge in [-0.3, -0.25) is 9.59 Å². The molecule has 0 radical (unpaired) electrons. The number of nitrogens with one attached hydrogen (secondary N) is 1. The Morgan fingerprint density at radius 2 is 2.04 bits per heavy atom. The molecule has 4 nitrogen and oxygen atoms in total. The normalized spacial score (nSPS) is 14.8. The number of amides is 2. The fourth-order valence-electron chi connectivity index (χ4n) is 2.78. The smallest absolute Gasteiger partial charge is 0.261 e. The molecular weight excluding hydrogens is 320 g/mol. The van der Waals surface area contributed by atoms with Gasteiger partial charge in [0, 0.05) is 29.6 Å². The molecule has 1 aliphatic heterocycles. The van der Waals surface area contributed by atoms with Crippen molar-refractivity contribution in [3.63, 3.8) is 0 Å². The quantitative estimate of drug-likeness (QED) is 0.925. The van der Waals surface area contributed by atoms with Crippen molar-refractivity contribution < 1.29 is 9.59 Å². The summed E-state index contributed by atoms with van der Waals surface area (Å²) in [6.45, 7) is 5.34. The predicted molar refractivity (Wildman–Crippen MR) is 96.4 cm³/mol. The summed E-state index contributed by atoms with van der Waals surface area (Å²) in [7, 11) is 0. The lowest BCUT2D eigenvalue weighted by atomic mass is 10.1. The van der Waals surface area contributed by atoms with Crippen LogP contribution in [-0.2, 0) is 13.0 Å². The standard InChI is InChI=1S/C19H22N2O2S/c1-3-13(2)20-18(22)17-11-15-12-21(10-9-16(15)24-17)19(23)14-7-5-4-6-8-14/h4-8,11,13H,3,9-10,12H2,1-2H3,(H,20,22)/t13-/m1/s1. The average Bonchev–Trinajstić information content (AvgIpc) is 3.05. The minimum atomic E-state index is -0.00955. The lowest BCUT2D eigenvalue weighted by Crippen LogP contribution is -2.35. The second kappa shape index (κ2) is 7.18. The van der Waals surface area contributed by atoms with Gasteiger partial charge in [-0.2, -0.15) is 0 Å². The number of hydrogen-bond acceptors (Lipinski definition) is 3. The van der Waals surface area contributed by atoms with Gasteiger partial charge in [-0.25, -0.2) is 0 Å². The predicted octanol–water partition coefficient (Wildman–Crippen LogP) is 3.47. The fourth-order valence-corrected chi connectivity index (χ4v) is 3.84. The van der Waals surface area contributed by atoms with Gasteiger partial charge < -0.3 is 10.2 Å². The Labute approximate surface area is 146 Å². The van der Waals surface area contributed by atoms with E-state index in [-0.39, 0.29) is 17.9 Å². The third kappa shape index (κ3) is 3.51. The molecule has 0 saturated heterocycles. The Hall–Kier alpha value is -2.14. The van der Waals surface area contributed by atoms with Crippen molar-refractivity contribution in [1.82, 2.24) is 10.2 Å². The van der Waals surface area contributed by atoms with Gasteiger partial charge in [-0.15, -0.1) is 11.3 Å². The number of rotatable bonds is 4. The fraction of sp³-hybridized carbons (Fsp3) is 0.368. The summed E-state index contributed by atoms with van der Waals surface area (Å²) < 4.78 is 0. The molecule has 126 valence electrons. The summed E-state index contributed by atoms with van der Waals surface area (Å²) in [6, 6.07) is 11.5. The Kier molecular flexibility index (Phi) is 5.00. The molecule has 0 spiro atoms. The minimum absolute atomic E-state index is 0.00955. The van der Waals surface area contributed by atoms with Crippen LogP contribution in [0.15, 0.2) is 36.4 Å². The second-order valence-electron chi connectivity index (χ2n) is 6.18. The lowest BCUT2D eigenvalue weighted by Gasteiger charge is -2.27. The van der Waals surface area contributed by atoms with Gasteiger partial charge in [0.15, 0.2) is 0 Å². The molecule has 0 fully saturated rings. The van der Waals surface area contributed by atoms with Crippen molar-refractivity contribution in [2.24, 2.45) is 0 Å². The Morgan fingerprint density at radius 3 is 2.75 bits per heavy atom. The number of carbonyl (C=O) groups is 2. The van der Waals surface area contributed by atoms with Crippen LogP contribution in [0.5, 0.6) is 0 Å². The van der Waals surface area contributed by atoms with E-state index in [1.807, 2.05) is 48.2 Å². The summed E-state index contributed by atoms with van der Waals surface area (Å²) in [5.41, 5.74) is 1.82. The molecule has 5 heteroatoms. The molecule has 0 unspecified atom stereocenters. The SMILES string of the molecule is CC[C@@H](C)NC(=O)c1cc2c(s1)CCN(C(=O)c1ccccc1)C2. The molecule has 1 aliphatic rings. The van der Waals surface area contributed by atoms with Crippen molar-refractivity contribution in [1.29, 1.82) is 0 Å². The van der Waals surface area contributed by atoms with Crippen LogP contribution in [0, 0.1) is 0 Å². The molecule has 1 aromatic carbocycles. The number of thiophene rings is 1. The third-order valence-corrected chi connectivity index (χ3v) is 5.62. The number of hydrogen-bond donors (Lipinski definition) is 1. The maximum absolute atomic E-state index is 12.6. The molecule has 1 aromatic heterocycles. The van der Waals surface area contributed by atoms with Gasteiger partial charge in [-0.1, -0.05) is 25.1 Å². The molecule has 2 aromatic rings. The molecule has 2 amide bonds. The van der Waals surface area contributed by atoms with Gasteiger partial charge in [0.2, 0.25) is 0 Å². The summed E-state index contributed by atoms with van der Waals surface area (Å²) in [5, 5.41) is 3.01. The summed E-state index contributed by atoms with van der Waals surface area (Å²) in [5.74, 6) is 0.0442. The van der Waals surface area contributed by atoms with E-state index in [2.05, 4.69) is 12.2 Å². The largest absolute Gasteiger partial charge is 0.349 e. The second-order valence-corrected chi connectivity index (χ2v) is 7.32. The highest BCUT2D eigenvalue weighted by atomic mass is 32.1. The number of nitrogens with zero attached hydrogens (tertiary/aromatic N) is 1. The molecular formula is C19H22N2O2S.